The van der Waals surface area contributed by atoms with Crippen LogP contribution in [0.1, 0.15) is 204 Å². The van der Waals surface area contributed by atoms with Crippen molar-refractivity contribution < 1.29 is 159 Å². The lowest BCUT2D eigenvalue weighted by atomic mass is 9.76. The quantitative estimate of drug-likeness (QED) is 0.0187. The fourth-order valence-electron chi connectivity index (χ4n) is 22.3. The number of nitrogens with zero attached hydrogens (tertiary/aromatic N) is 2. The van der Waals surface area contributed by atoms with Crippen molar-refractivity contribution in [3.63, 3.8) is 0 Å². The van der Waals surface area contributed by atoms with Gasteiger partial charge >= 0.3 is 0 Å². The minimum absolute atomic E-state index is 0.0799. The normalized spacial score (nSPS) is 45.6. The third kappa shape index (κ3) is 37.0. The molecule has 4 aliphatic carbocycles. The Morgan fingerprint density at radius 1 is 0.370 bits per heavy atom. The average molecular weight is 2260 g/mol. The van der Waals surface area contributed by atoms with Crippen LogP contribution in [0.2, 0.25) is 4.24 Å². The SMILES string of the molecule is BrCCCCCCBr.CC[C@@H]1CC[C@@H](C)C(OC2[C@H](O)C(OC3OC[C@](C)(O)[C@H](CC)[C@H]3O)[C@H](C)C[C@@H]2C)O1.CF.CF.CF.CN(CCCCCCN(C)[C@@H]1[C@@H](O)C(OC2[C@@H](O)C(OC3O[C@H](CN)CC[C@H]3N)[C@@H](N)C[C@H]2N)OC[C@]1(C)O)C1[C@@H](O)C(OC2[C@@H](O)C(OC3O[C@H](CN)CC[C@H]3N)[C@@H](N)C[C@H]2N)OC[C@]1(C)O.[3H]F.[3H]NC[C@@H]1CC[C@@H](N[3H])C(OC2[C@H](O)C(OC3OC[C@](C)(O)[C@H](NC)[C@H]3O)C(N[3H])C[C@@H]2NC)O1. The number of unbranched alkanes of at least 4 members (excludes halogenated alkanes) is 6. The fraction of sp³-hybridized carbons (Fsp3) is 1.00. The highest BCUT2D eigenvalue weighted by atomic mass is 79.9. The van der Waals surface area contributed by atoms with Gasteiger partial charge in [0, 0.05) is 78.4 Å². The van der Waals surface area contributed by atoms with Gasteiger partial charge in [0.05, 0.1) is 126 Å². The first kappa shape index (κ1) is 128. The van der Waals surface area contributed by atoms with Gasteiger partial charge in [-0.2, -0.15) is 0 Å². The molecule has 0 aromatic rings. The predicted octanol–water partition coefficient (Wildman–Crippen LogP) is -1.59. The molecule has 12 aliphatic rings. The molecule has 8 saturated heterocycles. The van der Waals surface area contributed by atoms with Crippen LogP contribution in [-0.4, -0.2) is 459 Å². The third-order valence-electron chi connectivity index (χ3n) is 30.6. The monoisotopic (exact) mass is 2260 g/mol. The van der Waals surface area contributed by atoms with Crippen molar-refractivity contribution in [3.05, 3.63) is 0 Å². The van der Waals surface area contributed by atoms with Gasteiger partial charge in [-0.15, -0.1) is 0 Å². The van der Waals surface area contributed by atoms with Gasteiger partial charge in [-0.3, -0.25) is 27.7 Å². The van der Waals surface area contributed by atoms with E-state index >= 15 is 0 Å². The summed E-state index contributed by atoms with van der Waals surface area (Å²) in [7, 11) is 8.46. The second-order valence-electron chi connectivity index (χ2n) is 42.6. The molecule has 8 aliphatic heterocycles. The minimum Gasteiger partial charge on any atom is -0.388 e. The molecule has 12 rings (SSSR count). The van der Waals surface area contributed by atoms with Gasteiger partial charge in [-0.1, -0.05) is 92.2 Å². The number of ether oxygens (including phenoxy) is 16. The molecule has 12 fully saturated rings. The Morgan fingerprint density at radius 2 is 0.705 bits per heavy atom. The Balaban J connectivity index is 0.000000402. The molecule has 49 heteroatoms. The van der Waals surface area contributed by atoms with Crippen molar-refractivity contribution in [1.29, 1.82) is 1.45 Å². The highest BCUT2D eigenvalue weighted by molar-refractivity contribution is 9.09. The lowest BCUT2D eigenvalue weighted by Crippen LogP contribution is -2.69. The maximum atomic E-state index is 11.7. The largest absolute Gasteiger partial charge is 0.388 e. The number of alkyl halides is 5. The van der Waals surface area contributed by atoms with Crippen LogP contribution in [0.25, 0.3) is 0 Å². The van der Waals surface area contributed by atoms with Crippen LogP contribution < -0.4 is 73.7 Å². The summed E-state index contributed by atoms with van der Waals surface area (Å²) in [5, 5.41) is 143. The van der Waals surface area contributed by atoms with Gasteiger partial charge in [0.15, 0.2) is 50.3 Å². The van der Waals surface area contributed by atoms with Crippen LogP contribution in [0.4, 0.5) is 17.9 Å². The molecule has 4 saturated carbocycles. The van der Waals surface area contributed by atoms with E-state index in [0.717, 1.165) is 62.0 Å². The summed E-state index contributed by atoms with van der Waals surface area (Å²) in [6.07, 6.45) is -6.38. The fourth-order valence-corrected chi connectivity index (χ4v) is 23.1. The first-order valence-corrected chi connectivity index (χ1v) is 54.6. The number of halogens is 6. The molecule has 8 heterocycles. The smallest absolute Gasteiger partial charge is 0.269 e. The summed E-state index contributed by atoms with van der Waals surface area (Å²) in [6, 6.07) is -7.33. The molecule has 0 bridgehead atoms. The lowest BCUT2D eigenvalue weighted by Gasteiger charge is -2.50. The van der Waals surface area contributed by atoms with Crippen LogP contribution in [-0.2, 0) is 75.8 Å². The zero-order valence-electron chi connectivity index (χ0n) is 92.9. The Bertz CT molecular complexity index is 3450. The topological polar surface area (TPSA) is 707 Å². The van der Waals surface area contributed by atoms with E-state index in [1.54, 1.807) is 41.8 Å². The van der Waals surface area contributed by atoms with Gasteiger partial charge in [0.1, 0.15) is 106 Å². The second kappa shape index (κ2) is 65.5. The van der Waals surface area contributed by atoms with E-state index in [9.17, 15) is 74.4 Å². The Morgan fingerprint density at radius 3 is 1.10 bits per heavy atom. The average Bonchev–Trinajstić information content (AvgIpc) is 0.785. The summed E-state index contributed by atoms with van der Waals surface area (Å²) in [4.78, 5) is 3.76. The Labute approximate surface area is 885 Å². The van der Waals surface area contributed by atoms with Crippen molar-refractivity contribution in [2.24, 2.45) is 86.7 Å². The highest BCUT2D eigenvalue weighted by Gasteiger charge is 2.59. The molecule has 0 spiro atoms. The van der Waals surface area contributed by atoms with Crippen LogP contribution in [0, 0.1) is 23.7 Å². The second-order valence-corrected chi connectivity index (χ2v) is 44.2. The van der Waals surface area contributed by atoms with Crippen molar-refractivity contribution >= 4 is 31.9 Å². The lowest BCUT2D eigenvalue weighted by molar-refractivity contribution is -0.323. The summed E-state index contributed by atoms with van der Waals surface area (Å²) in [6.45, 7) is 18.4. The molecular formula is C97H195Br2F4N15O28. The van der Waals surface area contributed by atoms with Crippen LogP contribution in [0.5, 0.6) is 0 Å². The minimum atomic E-state index is -1.44. The number of aliphatic hydroxyl groups excluding tert-OH is 8. The van der Waals surface area contributed by atoms with Crippen LogP contribution >= 0.6 is 31.9 Å². The van der Waals surface area contributed by atoms with Crippen molar-refractivity contribution in [1.82, 2.24) is 20.4 Å². The van der Waals surface area contributed by atoms with E-state index in [1.807, 2.05) is 30.8 Å². The van der Waals surface area contributed by atoms with Crippen molar-refractivity contribution in [2.45, 2.75) is 471 Å². The highest BCUT2D eigenvalue weighted by Crippen LogP contribution is 2.43. The Kier molecular flexibility index (Phi) is 57.6. The molecule has 868 valence electrons. The summed E-state index contributed by atoms with van der Waals surface area (Å²) in [5.41, 5.74) is 51.9. The Hall–Kier alpha value is -1.04. The number of aliphatic hydroxyl groups is 12. The summed E-state index contributed by atoms with van der Waals surface area (Å²) >= 11 is 6.78. The van der Waals surface area contributed by atoms with Gasteiger partial charge in [0.25, 0.3) is 1.45 Å². The molecule has 18 unspecified atom stereocenters. The summed E-state index contributed by atoms with van der Waals surface area (Å²) in [5.74, 6) is 0.160. The van der Waals surface area contributed by atoms with E-state index in [-0.39, 0.29) is 99.7 Å². The standard InChI is InChI=1S/C44H88N10O14.C24H44O7.C20H41N5O7.C6H12Br2.3CH3F.FH/c1-43(59)19-61-41(67-35-27(51)15-25(49)33(29(35)55)65-39-23(47)11-9-21(17-45)63-39)31(57)37(43)53(3)13-7-5-6-8-14-54(4)38-32(58)42(62-20-44(38,2)60)68-36-28(52)16-26(50)34(30(36)56)66-40-24(48)12-10-22(18-46)64-40;1-7-16-10-9-13(3)22(29-16)30-20-14(4)11-15(5)21(19(20)26)31-23-18(25)17(8-2)24(6,27)12-28-23;1-20(28)8-29-19(14(27)17(20)25-3)31-15-11(23)6-12(24-2)16(13(15)26)32-18-10(22)5-4-9(7-21)30-18;7-5-3-1-2-4-6-8;3*1-2;/h21-42,55-60H,5-20,45-52H2,1-4H3;13-23,25-27H,7-12H2,1-6H3;9-19,24-28H,4-8,21-23H2,1-3H3;1-6H2;3*1H3;1H/t21-,22-,23+,24+,25-,26-,27+,28+,29-,30-,31+,32+,33?,34?,35?,36?,37+,38?,39?,40?,41?,42?,43-,44-;13-,14+,15-,16-,17-,18-,19+,20?,21?,22?,23?,24+;9-,10+,11?,12-,13+,14+,15?,16?,17+,18?,19?,20-;;;;;/m010...../s1/i/hT4. The zero-order chi connectivity index (χ0) is 113. The number of hydrogen-bond acceptors (Lipinski definition) is 43. The number of hydrogen-bond donors (Lipinski definition) is 25. The molecule has 0 radical (unpaired) electrons. The zero-order valence-corrected chi connectivity index (χ0v) is 92.1. The summed E-state index contributed by atoms with van der Waals surface area (Å²) < 4.78 is 161. The van der Waals surface area contributed by atoms with Gasteiger partial charge < -0.3 is 211 Å². The van der Waals surface area contributed by atoms with Crippen molar-refractivity contribution in [3.8, 4) is 0 Å². The number of likely N-dealkylation sites (N-methyl/N-ethyl adjacent to an activating group) is 4. The van der Waals surface area contributed by atoms with Crippen molar-refractivity contribution in [2.75, 3.05) is 120 Å². The van der Waals surface area contributed by atoms with E-state index < -0.39 is 231 Å². The van der Waals surface area contributed by atoms with Gasteiger partial charge in [0.2, 0.25) is 0 Å². The molecule has 48 atom stereocenters. The molecule has 43 nitrogen and oxygen atoms in total. The molecular weight excluding hydrogens is 2060 g/mol. The van der Waals surface area contributed by atoms with Crippen LogP contribution in [0.15, 0.2) is 0 Å². The van der Waals surface area contributed by atoms with Gasteiger partial charge in [-0.25, -0.2) is 0 Å². The number of nitrogens with one attached hydrogen (secondary N) is 2. The van der Waals surface area contributed by atoms with E-state index in [4.69, 9.17) is 131 Å². The first-order valence-electron chi connectivity index (χ1n) is 54.3. The maximum Gasteiger partial charge on any atom is 0.269 e. The van der Waals surface area contributed by atoms with Gasteiger partial charge in [-0.05, 0) is 196 Å². The van der Waals surface area contributed by atoms with E-state index in [1.165, 1.54) is 25.7 Å². The molecule has 0 aromatic heterocycles. The molecule has 0 amide bonds. The number of nitrogens with two attached hydrogens (primary N) is 11. The molecule has 146 heavy (non-hydrogen) atoms. The van der Waals surface area contributed by atoms with Crippen LogP contribution in [0.3, 0.4) is 0 Å². The molecule has 36 N–H and O–H groups in total. The third-order valence-corrected chi connectivity index (χ3v) is 31.8. The van der Waals surface area contributed by atoms with E-state index in [2.05, 4.69) is 88.8 Å². The number of rotatable bonds is 40. The maximum absolute atomic E-state index is 11.7. The first-order chi connectivity index (χ1) is 71.3. The van der Waals surface area contributed by atoms with E-state index in [0.29, 0.717) is 106 Å². The molecule has 0 aromatic carbocycles. The predicted molar refractivity (Wildman–Crippen MR) is 548 cm³/mol.